The van der Waals surface area contributed by atoms with Crippen LogP contribution in [-0.4, -0.2) is 13.2 Å². The number of ether oxygens (including phenoxy) is 2. The van der Waals surface area contributed by atoms with Gasteiger partial charge in [0.1, 0.15) is 5.76 Å². The first-order valence-electron chi connectivity index (χ1n) is 3.78. The monoisotopic (exact) mass is 188 g/mol. The van der Waals surface area contributed by atoms with E-state index in [1.807, 2.05) is 12.1 Å². The normalized spacial score (nSPS) is 18.8. The number of furan rings is 1. The molecule has 4 heteroatoms. The Hall–Kier alpha value is -0.510. The molecule has 1 aliphatic rings. The quantitative estimate of drug-likeness (QED) is 0.666. The summed E-state index contributed by atoms with van der Waals surface area (Å²) in [5, 5.41) is 0. The van der Waals surface area contributed by atoms with Crippen LogP contribution in [0.3, 0.4) is 0 Å². The maximum atomic E-state index is 5.57. The van der Waals surface area contributed by atoms with Gasteiger partial charge in [0.15, 0.2) is 5.76 Å². The predicted octanol–water partition coefficient (Wildman–Crippen LogP) is 2.06. The highest BCUT2D eigenvalue weighted by Gasteiger charge is 2.21. The second-order valence-electron chi connectivity index (χ2n) is 2.51. The minimum atomic E-state index is -0.332. The molecule has 0 unspecified atom stereocenters. The predicted molar refractivity (Wildman–Crippen MR) is 42.9 cm³/mol. The average Bonchev–Trinajstić information content (AvgIpc) is 2.75. The topological polar surface area (TPSA) is 31.6 Å². The summed E-state index contributed by atoms with van der Waals surface area (Å²) in [6.07, 6.45) is -0.332. The summed E-state index contributed by atoms with van der Waals surface area (Å²) in [5.41, 5.74) is 0. The minimum Gasteiger partial charge on any atom is -0.459 e. The van der Waals surface area contributed by atoms with Crippen molar-refractivity contribution >= 4 is 11.6 Å². The lowest BCUT2D eigenvalue weighted by atomic mass is 10.4. The van der Waals surface area contributed by atoms with Gasteiger partial charge in [0.2, 0.25) is 6.29 Å². The van der Waals surface area contributed by atoms with E-state index in [0.717, 1.165) is 5.76 Å². The van der Waals surface area contributed by atoms with Crippen LogP contribution < -0.4 is 0 Å². The third-order valence-corrected chi connectivity index (χ3v) is 1.93. The van der Waals surface area contributed by atoms with E-state index in [1.54, 1.807) is 0 Å². The van der Waals surface area contributed by atoms with Crippen LogP contribution >= 0.6 is 11.6 Å². The van der Waals surface area contributed by atoms with Crippen molar-refractivity contribution < 1.29 is 13.9 Å². The zero-order chi connectivity index (χ0) is 8.39. The molecule has 1 fully saturated rings. The Morgan fingerprint density at radius 2 is 2.08 bits per heavy atom. The van der Waals surface area contributed by atoms with Gasteiger partial charge < -0.3 is 13.9 Å². The summed E-state index contributed by atoms with van der Waals surface area (Å²) in [6.45, 7) is 1.25. The van der Waals surface area contributed by atoms with E-state index in [-0.39, 0.29) is 6.29 Å². The van der Waals surface area contributed by atoms with Crippen molar-refractivity contribution in [2.75, 3.05) is 13.2 Å². The number of hydrogen-bond donors (Lipinski definition) is 0. The molecule has 0 radical (unpaired) electrons. The highest BCUT2D eigenvalue weighted by molar-refractivity contribution is 6.16. The van der Waals surface area contributed by atoms with Gasteiger partial charge in [-0.2, -0.15) is 0 Å². The molecule has 0 saturated carbocycles. The molecule has 1 aliphatic heterocycles. The summed E-state index contributed by atoms with van der Waals surface area (Å²) < 4.78 is 15.8. The molecular weight excluding hydrogens is 180 g/mol. The smallest absolute Gasteiger partial charge is 0.217 e. The summed E-state index contributed by atoms with van der Waals surface area (Å²) >= 11 is 5.57. The molecule has 0 N–H and O–H groups in total. The van der Waals surface area contributed by atoms with E-state index in [1.165, 1.54) is 0 Å². The van der Waals surface area contributed by atoms with Gasteiger partial charge in [-0.1, -0.05) is 0 Å². The third-order valence-electron chi connectivity index (χ3n) is 1.67. The largest absolute Gasteiger partial charge is 0.459 e. The lowest BCUT2D eigenvalue weighted by molar-refractivity contribution is -0.0593. The van der Waals surface area contributed by atoms with Gasteiger partial charge in [0.25, 0.3) is 0 Å². The Kier molecular flexibility index (Phi) is 2.35. The molecule has 0 aromatic carbocycles. The molecule has 0 spiro atoms. The first-order valence-corrected chi connectivity index (χ1v) is 4.31. The van der Waals surface area contributed by atoms with Gasteiger partial charge in [0.05, 0.1) is 19.1 Å². The summed E-state index contributed by atoms with van der Waals surface area (Å²) in [4.78, 5) is 0. The molecule has 0 aliphatic carbocycles. The lowest BCUT2D eigenvalue weighted by Gasteiger charge is -2.03. The van der Waals surface area contributed by atoms with Crippen molar-refractivity contribution in [3.63, 3.8) is 0 Å². The SMILES string of the molecule is ClCc1ccc(C2OCCO2)o1. The fourth-order valence-electron chi connectivity index (χ4n) is 1.12. The van der Waals surface area contributed by atoms with Gasteiger partial charge in [-0.05, 0) is 12.1 Å². The van der Waals surface area contributed by atoms with Crippen molar-refractivity contribution in [2.24, 2.45) is 0 Å². The fraction of sp³-hybridized carbons (Fsp3) is 0.500. The first-order chi connectivity index (χ1) is 5.90. The molecular formula is C8H9ClO3. The maximum absolute atomic E-state index is 5.57. The highest BCUT2D eigenvalue weighted by atomic mass is 35.5. The second kappa shape index (κ2) is 3.47. The summed E-state index contributed by atoms with van der Waals surface area (Å²) in [7, 11) is 0. The number of alkyl halides is 1. The van der Waals surface area contributed by atoms with Crippen LogP contribution in [0.5, 0.6) is 0 Å². The molecule has 12 heavy (non-hydrogen) atoms. The second-order valence-corrected chi connectivity index (χ2v) is 2.78. The molecule has 0 amide bonds. The van der Waals surface area contributed by atoms with Crippen molar-refractivity contribution in [1.29, 1.82) is 0 Å². The average molecular weight is 189 g/mol. The first kappa shape index (κ1) is 8.10. The van der Waals surface area contributed by atoms with E-state index < -0.39 is 0 Å². The maximum Gasteiger partial charge on any atom is 0.217 e. The van der Waals surface area contributed by atoms with Gasteiger partial charge in [-0.3, -0.25) is 0 Å². The molecule has 1 aromatic rings. The summed E-state index contributed by atoms with van der Waals surface area (Å²) in [5.74, 6) is 1.82. The Labute approximate surface area is 75.2 Å². The molecule has 2 heterocycles. The van der Waals surface area contributed by atoms with Gasteiger partial charge in [0, 0.05) is 0 Å². The number of halogens is 1. The molecule has 0 atom stereocenters. The molecule has 2 rings (SSSR count). The fourth-order valence-corrected chi connectivity index (χ4v) is 1.26. The van der Waals surface area contributed by atoms with E-state index in [9.17, 15) is 0 Å². The van der Waals surface area contributed by atoms with Crippen LogP contribution in [0.15, 0.2) is 16.5 Å². The van der Waals surface area contributed by atoms with Crippen molar-refractivity contribution in [2.45, 2.75) is 12.2 Å². The zero-order valence-corrected chi connectivity index (χ0v) is 7.21. The molecule has 3 nitrogen and oxygen atoms in total. The Morgan fingerprint density at radius 3 is 2.67 bits per heavy atom. The highest BCUT2D eigenvalue weighted by Crippen LogP contribution is 2.25. The molecule has 0 bridgehead atoms. The Bertz CT molecular complexity index is 253. The van der Waals surface area contributed by atoms with Crippen LogP contribution in [-0.2, 0) is 15.4 Å². The van der Waals surface area contributed by atoms with Crippen LogP contribution in [0.4, 0.5) is 0 Å². The van der Waals surface area contributed by atoms with Gasteiger partial charge in [-0.25, -0.2) is 0 Å². The third kappa shape index (κ3) is 1.48. The van der Waals surface area contributed by atoms with Crippen molar-refractivity contribution in [3.05, 3.63) is 23.7 Å². The lowest BCUT2D eigenvalue weighted by Crippen LogP contribution is -1.94. The zero-order valence-electron chi connectivity index (χ0n) is 6.46. The van der Waals surface area contributed by atoms with Gasteiger partial charge >= 0.3 is 0 Å². The Morgan fingerprint density at radius 1 is 1.33 bits per heavy atom. The van der Waals surface area contributed by atoms with Gasteiger partial charge in [-0.15, -0.1) is 11.6 Å². The van der Waals surface area contributed by atoms with E-state index in [0.29, 0.717) is 24.9 Å². The Balaban J connectivity index is 2.11. The summed E-state index contributed by atoms with van der Waals surface area (Å²) in [6, 6.07) is 3.65. The van der Waals surface area contributed by atoms with Crippen LogP contribution in [0.1, 0.15) is 17.8 Å². The van der Waals surface area contributed by atoms with Crippen molar-refractivity contribution in [1.82, 2.24) is 0 Å². The van der Waals surface area contributed by atoms with Crippen molar-refractivity contribution in [3.8, 4) is 0 Å². The number of hydrogen-bond acceptors (Lipinski definition) is 3. The molecule has 1 saturated heterocycles. The number of rotatable bonds is 2. The van der Waals surface area contributed by atoms with E-state index >= 15 is 0 Å². The van der Waals surface area contributed by atoms with E-state index in [2.05, 4.69) is 0 Å². The molecule has 66 valence electrons. The molecule has 1 aromatic heterocycles. The van der Waals surface area contributed by atoms with Crippen LogP contribution in [0.2, 0.25) is 0 Å². The minimum absolute atomic E-state index is 0.332. The van der Waals surface area contributed by atoms with Crippen LogP contribution in [0.25, 0.3) is 0 Å². The standard InChI is InChI=1S/C8H9ClO3/c9-5-6-1-2-7(12-6)8-10-3-4-11-8/h1-2,8H,3-5H2. The van der Waals surface area contributed by atoms with E-state index in [4.69, 9.17) is 25.5 Å². The van der Waals surface area contributed by atoms with Crippen LogP contribution in [0, 0.1) is 0 Å².